The molecule has 3 rings (SSSR count). The highest BCUT2D eigenvalue weighted by atomic mass is 16.5. The number of ether oxygens (including phenoxy) is 2. The van der Waals surface area contributed by atoms with Crippen molar-refractivity contribution in [2.45, 2.75) is 0 Å². The zero-order valence-corrected chi connectivity index (χ0v) is 15.6. The number of carbonyl (C=O) groups is 1. The average molecular weight is 368 g/mol. The summed E-state index contributed by atoms with van der Waals surface area (Å²) in [5.41, 5.74) is 1.93. The molecular formula is C21H24N2O4. The molecule has 2 aromatic carbocycles. The van der Waals surface area contributed by atoms with Gasteiger partial charge in [-0.25, -0.2) is 0 Å². The van der Waals surface area contributed by atoms with E-state index in [1.807, 2.05) is 35.2 Å². The Bertz CT molecular complexity index is 809. The number of piperazine rings is 1. The number of phenolic OH excluding ortho intramolecular Hbond substituents is 1. The van der Waals surface area contributed by atoms with Crippen molar-refractivity contribution in [2.75, 3.05) is 45.3 Å². The van der Waals surface area contributed by atoms with E-state index in [-0.39, 0.29) is 11.7 Å². The minimum absolute atomic E-state index is 0.00450. The summed E-state index contributed by atoms with van der Waals surface area (Å²) in [6, 6.07) is 12.7. The molecule has 1 amide bonds. The topological polar surface area (TPSA) is 62.2 Å². The van der Waals surface area contributed by atoms with Gasteiger partial charge in [0.05, 0.1) is 14.2 Å². The number of nitrogens with zero attached hydrogens (tertiary/aromatic N) is 2. The van der Waals surface area contributed by atoms with Crippen LogP contribution in [0.15, 0.2) is 48.5 Å². The van der Waals surface area contributed by atoms with Crippen molar-refractivity contribution in [1.82, 2.24) is 4.90 Å². The second-order valence-corrected chi connectivity index (χ2v) is 6.28. The zero-order valence-electron chi connectivity index (χ0n) is 15.6. The lowest BCUT2D eigenvalue weighted by Gasteiger charge is -2.35. The van der Waals surface area contributed by atoms with Crippen LogP contribution in [0.25, 0.3) is 6.08 Å². The van der Waals surface area contributed by atoms with Gasteiger partial charge in [0.2, 0.25) is 5.91 Å². The molecule has 0 unspecified atom stereocenters. The molecule has 1 heterocycles. The Kier molecular flexibility index (Phi) is 5.86. The molecule has 142 valence electrons. The fraction of sp³-hybridized carbons (Fsp3) is 0.286. The van der Waals surface area contributed by atoms with E-state index in [1.54, 1.807) is 38.5 Å². The summed E-state index contributed by atoms with van der Waals surface area (Å²) in [4.78, 5) is 16.5. The van der Waals surface area contributed by atoms with E-state index in [0.717, 1.165) is 24.3 Å². The van der Waals surface area contributed by atoms with Crippen LogP contribution in [0, 0.1) is 0 Å². The predicted octanol–water partition coefficient (Wildman–Crippen LogP) is 2.77. The van der Waals surface area contributed by atoms with E-state index in [2.05, 4.69) is 4.90 Å². The molecule has 0 aliphatic carbocycles. The van der Waals surface area contributed by atoms with Crippen LogP contribution in [0.1, 0.15) is 5.56 Å². The fourth-order valence-corrected chi connectivity index (χ4v) is 3.08. The Morgan fingerprint density at radius 1 is 0.963 bits per heavy atom. The molecule has 1 aliphatic heterocycles. The number of aromatic hydroxyl groups is 1. The number of benzene rings is 2. The van der Waals surface area contributed by atoms with Crippen LogP contribution in [0.3, 0.4) is 0 Å². The Balaban J connectivity index is 1.58. The van der Waals surface area contributed by atoms with Gasteiger partial charge in [-0.3, -0.25) is 4.79 Å². The van der Waals surface area contributed by atoms with E-state index in [9.17, 15) is 9.90 Å². The number of carbonyl (C=O) groups excluding carboxylic acids is 1. The first-order valence-electron chi connectivity index (χ1n) is 8.83. The van der Waals surface area contributed by atoms with Gasteiger partial charge in [0.15, 0.2) is 11.5 Å². The zero-order chi connectivity index (χ0) is 19.2. The quantitative estimate of drug-likeness (QED) is 0.823. The van der Waals surface area contributed by atoms with Gasteiger partial charge < -0.3 is 24.4 Å². The van der Waals surface area contributed by atoms with Gasteiger partial charge in [-0.15, -0.1) is 0 Å². The lowest BCUT2D eigenvalue weighted by Crippen LogP contribution is -2.48. The fourth-order valence-electron chi connectivity index (χ4n) is 3.08. The van der Waals surface area contributed by atoms with E-state index in [1.165, 1.54) is 0 Å². The second-order valence-electron chi connectivity index (χ2n) is 6.28. The first-order chi connectivity index (χ1) is 13.1. The van der Waals surface area contributed by atoms with Crippen LogP contribution in [-0.2, 0) is 4.79 Å². The van der Waals surface area contributed by atoms with E-state index >= 15 is 0 Å². The molecule has 0 spiro atoms. The molecule has 0 aromatic heterocycles. The van der Waals surface area contributed by atoms with Gasteiger partial charge in [0, 0.05) is 37.9 Å². The maximum Gasteiger partial charge on any atom is 0.246 e. The Labute approximate surface area is 159 Å². The highest BCUT2D eigenvalue weighted by Crippen LogP contribution is 2.28. The first kappa shape index (κ1) is 18.6. The molecule has 1 fully saturated rings. The molecule has 0 radical (unpaired) electrons. The van der Waals surface area contributed by atoms with Crippen LogP contribution in [0.2, 0.25) is 0 Å². The highest BCUT2D eigenvalue weighted by molar-refractivity contribution is 5.92. The summed E-state index contributed by atoms with van der Waals surface area (Å²) in [7, 11) is 3.18. The Morgan fingerprint density at radius 2 is 1.63 bits per heavy atom. The summed E-state index contributed by atoms with van der Waals surface area (Å²) in [5, 5.41) is 9.39. The number of rotatable bonds is 5. The number of phenols is 1. The molecule has 2 aromatic rings. The Hall–Kier alpha value is -3.15. The van der Waals surface area contributed by atoms with Crippen LogP contribution in [-0.4, -0.2) is 56.3 Å². The molecule has 6 nitrogen and oxygen atoms in total. The predicted molar refractivity (Wildman–Crippen MR) is 105 cm³/mol. The van der Waals surface area contributed by atoms with Crippen molar-refractivity contribution in [3.63, 3.8) is 0 Å². The van der Waals surface area contributed by atoms with Crippen molar-refractivity contribution >= 4 is 17.7 Å². The Morgan fingerprint density at radius 3 is 2.26 bits per heavy atom. The first-order valence-corrected chi connectivity index (χ1v) is 8.83. The van der Waals surface area contributed by atoms with E-state index in [0.29, 0.717) is 24.6 Å². The summed E-state index contributed by atoms with van der Waals surface area (Å²) < 4.78 is 10.5. The van der Waals surface area contributed by atoms with Crippen LogP contribution in [0.5, 0.6) is 17.2 Å². The van der Waals surface area contributed by atoms with Crippen LogP contribution < -0.4 is 14.4 Å². The van der Waals surface area contributed by atoms with Crippen molar-refractivity contribution in [2.24, 2.45) is 0 Å². The molecule has 6 heteroatoms. The molecule has 0 saturated carbocycles. The minimum atomic E-state index is -0.00450. The van der Waals surface area contributed by atoms with Crippen molar-refractivity contribution in [3.05, 3.63) is 54.1 Å². The smallest absolute Gasteiger partial charge is 0.246 e. The molecular weight excluding hydrogens is 344 g/mol. The summed E-state index contributed by atoms with van der Waals surface area (Å²) in [6.07, 6.45) is 3.38. The third kappa shape index (κ3) is 4.53. The number of anilines is 1. The highest BCUT2D eigenvalue weighted by Gasteiger charge is 2.19. The molecule has 0 atom stereocenters. The number of hydrogen-bond donors (Lipinski definition) is 1. The van der Waals surface area contributed by atoms with Crippen molar-refractivity contribution < 1.29 is 19.4 Å². The summed E-state index contributed by atoms with van der Waals surface area (Å²) >= 11 is 0. The average Bonchev–Trinajstić information content (AvgIpc) is 2.72. The molecule has 0 bridgehead atoms. The summed E-state index contributed by atoms with van der Waals surface area (Å²) in [5.74, 6) is 1.55. The maximum atomic E-state index is 12.5. The van der Waals surface area contributed by atoms with Crippen LogP contribution >= 0.6 is 0 Å². The molecule has 1 saturated heterocycles. The minimum Gasteiger partial charge on any atom is -0.508 e. The van der Waals surface area contributed by atoms with Gasteiger partial charge in [0.25, 0.3) is 0 Å². The second kappa shape index (κ2) is 8.49. The van der Waals surface area contributed by atoms with Crippen LogP contribution in [0.4, 0.5) is 5.69 Å². The lowest BCUT2D eigenvalue weighted by atomic mass is 10.1. The lowest BCUT2D eigenvalue weighted by molar-refractivity contribution is -0.126. The third-order valence-corrected chi connectivity index (χ3v) is 4.63. The standard InChI is InChI=1S/C21H24N2O4/c1-26-19-9-3-16(15-20(19)27-2)4-10-21(25)23-13-11-22(12-14-23)17-5-7-18(24)8-6-17/h3-10,15,24H,11-14H2,1-2H3/b10-4+. The summed E-state index contributed by atoms with van der Waals surface area (Å²) in [6.45, 7) is 2.85. The van der Waals surface area contributed by atoms with E-state index in [4.69, 9.17) is 9.47 Å². The molecule has 1 aliphatic rings. The van der Waals surface area contributed by atoms with Gasteiger partial charge in [-0.05, 0) is 48.0 Å². The molecule has 27 heavy (non-hydrogen) atoms. The van der Waals surface area contributed by atoms with Gasteiger partial charge in [-0.2, -0.15) is 0 Å². The van der Waals surface area contributed by atoms with Gasteiger partial charge in [0.1, 0.15) is 5.75 Å². The number of hydrogen-bond acceptors (Lipinski definition) is 5. The molecule has 1 N–H and O–H groups in total. The third-order valence-electron chi connectivity index (χ3n) is 4.63. The monoisotopic (exact) mass is 368 g/mol. The van der Waals surface area contributed by atoms with Crippen molar-refractivity contribution in [3.8, 4) is 17.2 Å². The van der Waals surface area contributed by atoms with Gasteiger partial charge >= 0.3 is 0 Å². The van der Waals surface area contributed by atoms with E-state index < -0.39 is 0 Å². The van der Waals surface area contributed by atoms with Gasteiger partial charge in [-0.1, -0.05) is 6.07 Å². The number of methoxy groups -OCH3 is 2. The number of amides is 1. The SMILES string of the molecule is COc1ccc(/C=C/C(=O)N2CCN(c3ccc(O)cc3)CC2)cc1OC. The van der Waals surface area contributed by atoms with Crippen molar-refractivity contribution in [1.29, 1.82) is 0 Å². The normalized spacial score (nSPS) is 14.4. The maximum absolute atomic E-state index is 12.5. The largest absolute Gasteiger partial charge is 0.508 e.